The van der Waals surface area contributed by atoms with Gasteiger partial charge in [-0.2, -0.15) is 0 Å². The lowest BCUT2D eigenvalue weighted by atomic mass is 10.1. The molecule has 0 spiro atoms. The minimum Gasteiger partial charge on any atom is -0.325 e. The number of amides is 3. The fraction of sp³-hybridized carbons (Fsp3) is 0.294. The number of nitrogens with one attached hydrogen (secondary N) is 3. The SMILES string of the molecule is Cc1ccc(NC(=O)NC(=O)C[NH+](C)Cc2ccc(Cl)s2)c(C)c1. The molecule has 3 amide bonds. The second kappa shape index (κ2) is 8.28. The van der Waals surface area contributed by atoms with Crippen LogP contribution in [0.4, 0.5) is 10.5 Å². The Hall–Kier alpha value is -1.89. The van der Waals surface area contributed by atoms with Crippen LogP contribution in [0, 0.1) is 13.8 Å². The van der Waals surface area contributed by atoms with Crippen molar-refractivity contribution in [3.05, 3.63) is 50.7 Å². The number of halogens is 1. The molecule has 1 atom stereocenters. The van der Waals surface area contributed by atoms with Crippen molar-refractivity contribution in [3.8, 4) is 0 Å². The van der Waals surface area contributed by atoms with Gasteiger partial charge >= 0.3 is 6.03 Å². The van der Waals surface area contributed by atoms with Gasteiger partial charge in [0.2, 0.25) is 0 Å². The third-order valence-electron chi connectivity index (χ3n) is 3.45. The molecule has 128 valence electrons. The summed E-state index contributed by atoms with van der Waals surface area (Å²) < 4.78 is 0.732. The highest BCUT2D eigenvalue weighted by molar-refractivity contribution is 7.16. The summed E-state index contributed by atoms with van der Waals surface area (Å²) in [6.07, 6.45) is 0. The first-order valence-corrected chi connectivity index (χ1v) is 8.76. The van der Waals surface area contributed by atoms with Crippen molar-refractivity contribution in [2.75, 3.05) is 18.9 Å². The van der Waals surface area contributed by atoms with E-state index in [0.29, 0.717) is 12.2 Å². The summed E-state index contributed by atoms with van der Waals surface area (Å²) in [5, 5.41) is 5.06. The van der Waals surface area contributed by atoms with Gasteiger partial charge in [0.25, 0.3) is 5.91 Å². The molecule has 24 heavy (non-hydrogen) atoms. The van der Waals surface area contributed by atoms with Crippen molar-refractivity contribution < 1.29 is 14.5 Å². The molecule has 0 aliphatic rings. The van der Waals surface area contributed by atoms with Gasteiger partial charge in [-0.25, -0.2) is 4.79 Å². The summed E-state index contributed by atoms with van der Waals surface area (Å²) >= 11 is 7.39. The monoisotopic (exact) mass is 366 g/mol. The molecule has 1 heterocycles. The Kier molecular flexibility index (Phi) is 6.36. The zero-order valence-electron chi connectivity index (χ0n) is 13.9. The summed E-state index contributed by atoms with van der Waals surface area (Å²) in [5.74, 6) is -0.322. The van der Waals surface area contributed by atoms with Gasteiger partial charge in [0.15, 0.2) is 6.54 Å². The number of urea groups is 1. The standard InChI is InChI=1S/C17H20ClN3O2S/c1-11-4-6-14(12(2)8-11)19-17(23)20-16(22)10-21(3)9-13-5-7-15(18)24-13/h4-8H,9-10H2,1-3H3,(H2,19,20,22,23)/p+1. The maximum absolute atomic E-state index is 12.0. The van der Waals surface area contributed by atoms with Crippen LogP contribution in [0.3, 0.4) is 0 Å². The highest BCUT2D eigenvalue weighted by Gasteiger charge is 2.15. The van der Waals surface area contributed by atoms with Gasteiger partial charge in [-0.1, -0.05) is 29.3 Å². The molecule has 1 unspecified atom stereocenters. The Balaban J connectivity index is 1.81. The maximum atomic E-state index is 12.0. The van der Waals surface area contributed by atoms with Gasteiger partial charge in [-0.3, -0.25) is 10.1 Å². The van der Waals surface area contributed by atoms with Crippen LogP contribution in [0.5, 0.6) is 0 Å². The fourth-order valence-electron chi connectivity index (χ4n) is 2.36. The van der Waals surface area contributed by atoms with E-state index in [1.165, 1.54) is 11.3 Å². The van der Waals surface area contributed by atoms with Crippen molar-refractivity contribution in [3.63, 3.8) is 0 Å². The molecule has 2 aromatic rings. The summed E-state index contributed by atoms with van der Waals surface area (Å²) in [5.41, 5.74) is 2.77. The lowest BCUT2D eigenvalue weighted by molar-refractivity contribution is -0.885. The van der Waals surface area contributed by atoms with Crippen LogP contribution in [0.1, 0.15) is 16.0 Å². The topological polar surface area (TPSA) is 62.6 Å². The molecule has 0 saturated heterocycles. The molecule has 0 bridgehead atoms. The van der Waals surface area contributed by atoms with Crippen LogP contribution in [0.15, 0.2) is 30.3 Å². The molecule has 0 aliphatic heterocycles. The van der Waals surface area contributed by atoms with E-state index in [-0.39, 0.29) is 12.5 Å². The molecule has 0 saturated carbocycles. The van der Waals surface area contributed by atoms with E-state index in [2.05, 4.69) is 10.6 Å². The van der Waals surface area contributed by atoms with Gasteiger partial charge in [-0.15, -0.1) is 11.3 Å². The number of imide groups is 1. The van der Waals surface area contributed by atoms with Crippen molar-refractivity contribution >= 4 is 40.6 Å². The highest BCUT2D eigenvalue weighted by Crippen LogP contribution is 2.20. The van der Waals surface area contributed by atoms with Gasteiger partial charge < -0.3 is 10.2 Å². The van der Waals surface area contributed by atoms with E-state index >= 15 is 0 Å². The quantitative estimate of drug-likeness (QED) is 0.760. The van der Waals surface area contributed by atoms with Crippen molar-refractivity contribution in [1.29, 1.82) is 0 Å². The Bertz CT molecular complexity index is 745. The average molecular weight is 367 g/mol. The second-order valence-electron chi connectivity index (χ2n) is 5.84. The predicted molar refractivity (Wildman–Crippen MR) is 97.9 cm³/mol. The Morgan fingerprint density at radius 1 is 1.21 bits per heavy atom. The number of hydrogen-bond acceptors (Lipinski definition) is 3. The molecule has 1 aromatic heterocycles. The van der Waals surface area contributed by atoms with Crippen LogP contribution >= 0.6 is 22.9 Å². The van der Waals surface area contributed by atoms with Crippen LogP contribution in [-0.2, 0) is 11.3 Å². The molecular weight excluding hydrogens is 346 g/mol. The minimum absolute atomic E-state index is 0.204. The van der Waals surface area contributed by atoms with Crippen LogP contribution in [0.2, 0.25) is 4.34 Å². The Morgan fingerprint density at radius 3 is 2.58 bits per heavy atom. The number of likely N-dealkylation sites (N-methyl/N-ethyl adjacent to an activating group) is 1. The lowest BCUT2D eigenvalue weighted by Crippen LogP contribution is -3.08. The maximum Gasteiger partial charge on any atom is 0.326 e. The average Bonchev–Trinajstić information content (AvgIpc) is 2.86. The number of benzene rings is 1. The zero-order valence-corrected chi connectivity index (χ0v) is 15.5. The number of quaternary nitrogens is 1. The molecule has 0 fully saturated rings. The fourth-order valence-corrected chi connectivity index (χ4v) is 3.56. The molecule has 1 aromatic carbocycles. The lowest BCUT2D eigenvalue weighted by Gasteiger charge is -2.13. The number of anilines is 1. The summed E-state index contributed by atoms with van der Waals surface area (Å²) in [6, 6.07) is 8.98. The van der Waals surface area contributed by atoms with Gasteiger partial charge in [-0.05, 0) is 37.6 Å². The van der Waals surface area contributed by atoms with E-state index in [9.17, 15) is 9.59 Å². The highest BCUT2D eigenvalue weighted by atomic mass is 35.5. The van der Waals surface area contributed by atoms with Gasteiger partial charge in [0.1, 0.15) is 6.54 Å². The van der Waals surface area contributed by atoms with Crippen LogP contribution in [-0.4, -0.2) is 25.5 Å². The number of aryl methyl sites for hydroxylation is 2. The molecule has 0 aliphatic carbocycles. The van der Waals surface area contributed by atoms with E-state index in [1.807, 2.05) is 51.2 Å². The minimum atomic E-state index is -0.515. The summed E-state index contributed by atoms with van der Waals surface area (Å²) in [6.45, 7) is 4.79. The van der Waals surface area contributed by atoms with Gasteiger partial charge in [0.05, 0.1) is 16.3 Å². The van der Waals surface area contributed by atoms with E-state index in [4.69, 9.17) is 11.6 Å². The third kappa shape index (κ3) is 5.63. The summed E-state index contributed by atoms with van der Waals surface area (Å²) in [4.78, 5) is 26.0. The molecule has 5 nitrogen and oxygen atoms in total. The smallest absolute Gasteiger partial charge is 0.325 e. The van der Waals surface area contributed by atoms with E-state index in [0.717, 1.165) is 25.2 Å². The molecule has 0 radical (unpaired) electrons. The molecule has 2 rings (SSSR count). The largest absolute Gasteiger partial charge is 0.326 e. The van der Waals surface area contributed by atoms with Crippen molar-refractivity contribution in [2.45, 2.75) is 20.4 Å². The van der Waals surface area contributed by atoms with E-state index in [1.54, 1.807) is 0 Å². The third-order valence-corrected chi connectivity index (χ3v) is 4.68. The predicted octanol–water partition coefficient (Wildman–Crippen LogP) is 2.38. The number of carbonyl (C=O) groups is 2. The first-order chi connectivity index (χ1) is 11.3. The zero-order chi connectivity index (χ0) is 17.7. The van der Waals surface area contributed by atoms with Crippen LogP contribution < -0.4 is 15.5 Å². The number of thiophene rings is 1. The Morgan fingerprint density at radius 2 is 1.96 bits per heavy atom. The summed E-state index contributed by atoms with van der Waals surface area (Å²) in [7, 11) is 1.90. The first-order valence-electron chi connectivity index (χ1n) is 7.57. The number of hydrogen-bond donors (Lipinski definition) is 3. The van der Waals surface area contributed by atoms with E-state index < -0.39 is 6.03 Å². The van der Waals surface area contributed by atoms with Crippen molar-refractivity contribution in [2.24, 2.45) is 0 Å². The molecule has 7 heteroatoms. The number of rotatable bonds is 5. The second-order valence-corrected chi connectivity index (χ2v) is 7.64. The van der Waals surface area contributed by atoms with Crippen LogP contribution in [0.25, 0.3) is 0 Å². The number of carbonyl (C=O) groups excluding carboxylic acids is 2. The Labute approximate surface area is 150 Å². The normalized spacial score (nSPS) is 11.8. The molecule has 3 N–H and O–H groups in total. The van der Waals surface area contributed by atoms with Gasteiger partial charge in [0, 0.05) is 5.69 Å². The van der Waals surface area contributed by atoms with Crippen molar-refractivity contribution in [1.82, 2.24) is 5.32 Å². The first kappa shape index (κ1) is 18.4. The molecular formula is C17H21ClN3O2S+.